The second-order valence-electron chi connectivity index (χ2n) is 6.14. The minimum Gasteiger partial charge on any atom is -0.370 e. The van der Waals surface area contributed by atoms with E-state index in [2.05, 4.69) is 35.5 Å². The first-order valence-corrected chi connectivity index (χ1v) is 8.86. The van der Waals surface area contributed by atoms with E-state index in [1.807, 2.05) is 13.1 Å². The zero-order chi connectivity index (χ0) is 15.3. The average molecular weight is 293 g/mol. The first kappa shape index (κ1) is 18.1. The topological polar surface area (TPSA) is 41.3 Å². The Labute approximate surface area is 131 Å². The van der Waals surface area contributed by atoms with Gasteiger partial charge in [-0.3, -0.25) is 0 Å². The molecule has 0 aromatic heterocycles. The van der Waals surface area contributed by atoms with Gasteiger partial charge in [0, 0.05) is 12.4 Å². The van der Waals surface area contributed by atoms with Crippen molar-refractivity contribution in [1.29, 1.82) is 0 Å². The van der Waals surface area contributed by atoms with E-state index in [4.69, 9.17) is 5.73 Å². The van der Waals surface area contributed by atoms with Gasteiger partial charge in [0.25, 0.3) is 0 Å². The second kappa shape index (κ2) is 11.7. The highest BCUT2D eigenvalue weighted by atomic mass is 15.3. The molecule has 122 valence electrons. The monoisotopic (exact) mass is 293 g/mol. The van der Waals surface area contributed by atoms with Crippen molar-refractivity contribution in [2.24, 2.45) is 5.73 Å². The van der Waals surface area contributed by atoms with Gasteiger partial charge in [0.05, 0.1) is 12.3 Å². The number of hydrogen-bond acceptors (Lipinski definition) is 3. The molecule has 2 unspecified atom stereocenters. The molecule has 2 atom stereocenters. The maximum atomic E-state index is 5.94. The number of rotatable bonds is 12. The lowest BCUT2D eigenvalue weighted by Gasteiger charge is -2.28. The summed E-state index contributed by atoms with van der Waals surface area (Å²) < 4.78 is 0. The van der Waals surface area contributed by atoms with Crippen molar-refractivity contribution in [3.05, 3.63) is 24.6 Å². The molecule has 0 aliphatic carbocycles. The SMILES string of the molecule is CCCCCCC/C=C/CCCCC1NC=CN1C(C)N. The van der Waals surface area contributed by atoms with Crippen LogP contribution >= 0.6 is 0 Å². The fourth-order valence-corrected chi connectivity index (χ4v) is 2.78. The van der Waals surface area contributed by atoms with Crippen molar-refractivity contribution in [3.63, 3.8) is 0 Å². The number of nitrogens with zero attached hydrogens (tertiary/aromatic N) is 1. The quantitative estimate of drug-likeness (QED) is 0.412. The van der Waals surface area contributed by atoms with Crippen LogP contribution in [0.5, 0.6) is 0 Å². The molecule has 0 saturated heterocycles. The molecule has 3 heteroatoms. The minimum atomic E-state index is 0.0915. The van der Waals surface area contributed by atoms with Crippen LogP contribution in [0.15, 0.2) is 24.6 Å². The van der Waals surface area contributed by atoms with Gasteiger partial charge in [-0.15, -0.1) is 0 Å². The van der Waals surface area contributed by atoms with Crippen molar-refractivity contribution < 1.29 is 0 Å². The van der Waals surface area contributed by atoms with E-state index in [1.165, 1.54) is 64.2 Å². The molecule has 0 aromatic carbocycles. The third kappa shape index (κ3) is 8.15. The smallest absolute Gasteiger partial charge is 0.0995 e. The molecule has 0 saturated carbocycles. The highest BCUT2D eigenvalue weighted by Crippen LogP contribution is 2.14. The van der Waals surface area contributed by atoms with Gasteiger partial charge in [0.1, 0.15) is 0 Å². The van der Waals surface area contributed by atoms with E-state index in [0.29, 0.717) is 6.17 Å². The molecule has 1 heterocycles. The van der Waals surface area contributed by atoms with Crippen LogP contribution in [0.4, 0.5) is 0 Å². The largest absolute Gasteiger partial charge is 0.370 e. The van der Waals surface area contributed by atoms with Gasteiger partial charge in [-0.2, -0.15) is 0 Å². The summed E-state index contributed by atoms with van der Waals surface area (Å²) in [4.78, 5) is 2.20. The third-order valence-corrected chi connectivity index (χ3v) is 4.10. The maximum absolute atomic E-state index is 5.94. The van der Waals surface area contributed by atoms with Crippen molar-refractivity contribution >= 4 is 0 Å². The highest BCUT2D eigenvalue weighted by Gasteiger charge is 2.19. The van der Waals surface area contributed by atoms with Crippen LogP contribution in [-0.4, -0.2) is 17.2 Å². The van der Waals surface area contributed by atoms with Gasteiger partial charge in [0.15, 0.2) is 0 Å². The lowest BCUT2D eigenvalue weighted by molar-refractivity contribution is 0.208. The van der Waals surface area contributed by atoms with E-state index in [1.54, 1.807) is 0 Å². The molecule has 3 N–H and O–H groups in total. The van der Waals surface area contributed by atoms with Crippen LogP contribution in [0.25, 0.3) is 0 Å². The Hall–Kier alpha value is -0.960. The predicted molar refractivity (Wildman–Crippen MR) is 92.5 cm³/mol. The summed E-state index contributed by atoms with van der Waals surface area (Å²) in [5.74, 6) is 0. The number of allylic oxidation sites excluding steroid dienone is 2. The molecular weight excluding hydrogens is 258 g/mol. The van der Waals surface area contributed by atoms with E-state index in [-0.39, 0.29) is 6.17 Å². The third-order valence-electron chi connectivity index (χ3n) is 4.10. The Morgan fingerprint density at radius 3 is 2.43 bits per heavy atom. The average Bonchev–Trinajstić information content (AvgIpc) is 2.93. The molecule has 0 fully saturated rings. The standard InChI is InChI=1S/C18H35N3/c1-3-4-5-6-7-8-9-10-11-12-13-14-18-20-15-16-21(18)17(2)19/h9-10,15-18,20H,3-8,11-14,19H2,1-2H3/b10-9+. The van der Waals surface area contributed by atoms with Gasteiger partial charge in [-0.05, 0) is 45.4 Å². The number of hydrogen-bond donors (Lipinski definition) is 2. The van der Waals surface area contributed by atoms with Crippen molar-refractivity contribution in [2.45, 2.75) is 90.4 Å². The van der Waals surface area contributed by atoms with Gasteiger partial charge >= 0.3 is 0 Å². The molecule has 0 bridgehead atoms. The summed E-state index contributed by atoms with van der Waals surface area (Å²) in [6.07, 6.45) is 22.4. The van der Waals surface area contributed by atoms with E-state index < -0.39 is 0 Å². The lowest BCUT2D eigenvalue weighted by Crippen LogP contribution is -2.44. The zero-order valence-electron chi connectivity index (χ0n) is 14.1. The summed E-state index contributed by atoms with van der Waals surface area (Å²) in [6, 6.07) is 0. The number of unbranched alkanes of at least 4 members (excludes halogenated alkanes) is 7. The van der Waals surface area contributed by atoms with Crippen LogP contribution in [-0.2, 0) is 0 Å². The van der Waals surface area contributed by atoms with Crippen molar-refractivity contribution in [1.82, 2.24) is 10.2 Å². The normalized spacial score (nSPS) is 19.4. The van der Waals surface area contributed by atoms with Crippen LogP contribution in [0, 0.1) is 0 Å². The molecule has 0 amide bonds. The number of nitrogens with one attached hydrogen (secondary N) is 1. The highest BCUT2D eigenvalue weighted by molar-refractivity contribution is 4.95. The van der Waals surface area contributed by atoms with Crippen molar-refractivity contribution in [2.75, 3.05) is 0 Å². The van der Waals surface area contributed by atoms with E-state index in [9.17, 15) is 0 Å². The summed E-state index contributed by atoms with van der Waals surface area (Å²) in [6.45, 7) is 4.30. The van der Waals surface area contributed by atoms with Gasteiger partial charge in [-0.25, -0.2) is 0 Å². The lowest BCUT2D eigenvalue weighted by atomic mass is 10.1. The molecule has 0 aromatic rings. The first-order chi connectivity index (χ1) is 10.3. The Kier molecular flexibility index (Phi) is 10.1. The molecular formula is C18H35N3. The summed E-state index contributed by atoms with van der Waals surface area (Å²) >= 11 is 0. The molecule has 0 spiro atoms. The fraction of sp³-hybridized carbons (Fsp3) is 0.778. The summed E-state index contributed by atoms with van der Waals surface area (Å²) in [7, 11) is 0. The molecule has 1 rings (SSSR count). The van der Waals surface area contributed by atoms with Crippen LogP contribution in [0.2, 0.25) is 0 Å². The Balaban J connectivity index is 1.92. The molecule has 1 aliphatic rings. The van der Waals surface area contributed by atoms with Gasteiger partial charge in [0.2, 0.25) is 0 Å². The Morgan fingerprint density at radius 1 is 1.10 bits per heavy atom. The first-order valence-electron chi connectivity index (χ1n) is 8.86. The zero-order valence-corrected chi connectivity index (χ0v) is 14.1. The Bertz CT molecular complexity index is 297. The summed E-state index contributed by atoms with van der Waals surface area (Å²) in [5.41, 5.74) is 5.94. The second-order valence-corrected chi connectivity index (χ2v) is 6.14. The molecule has 21 heavy (non-hydrogen) atoms. The number of nitrogens with two attached hydrogens (primary N) is 1. The molecule has 3 nitrogen and oxygen atoms in total. The molecule has 0 radical (unpaired) electrons. The fourth-order valence-electron chi connectivity index (χ4n) is 2.78. The van der Waals surface area contributed by atoms with Crippen LogP contribution < -0.4 is 11.1 Å². The van der Waals surface area contributed by atoms with E-state index >= 15 is 0 Å². The van der Waals surface area contributed by atoms with Gasteiger partial charge < -0.3 is 16.0 Å². The minimum absolute atomic E-state index is 0.0915. The Morgan fingerprint density at radius 2 is 1.76 bits per heavy atom. The van der Waals surface area contributed by atoms with Crippen molar-refractivity contribution in [3.8, 4) is 0 Å². The molecule has 1 aliphatic heterocycles. The predicted octanol–water partition coefficient (Wildman–Crippen LogP) is 4.47. The maximum Gasteiger partial charge on any atom is 0.0995 e. The summed E-state index contributed by atoms with van der Waals surface area (Å²) in [5, 5.41) is 3.37. The van der Waals surface area contributed by atoms with E-state index in [0.717, 1.165) is 0 Å². The van der Waals surface area contributed by atoms with Crippen LogP contribution in [0.1, 0.15) is 78.1 Å². The van der Waals surface area contributed by atoms with Crippen LogP contribution in [0.3, 0.4) is 0 Å². The van der Waals surface area contributed by atoms with Gasteiger partial charge in [-0.1, -0.05) is 44.8 Å².